The molecule has 0 aromatic heterocycles. The van der Waals surface area contributed by atoms with Crippen molar-refractivity contribution in [2.45, 2.75) is 50.3 Å². The number of anilines is 1. The van der Waals surface area contributed by atoms with E-state index in [0.29, 0.717) is 27.6 Å². The molecule has 1 fully saturated rings. The van der Waals surface area contributed by atoms with E-state index in [0.717, 1.165) is 12.0 Å². The Morgan fingerprint density at radius 3 is 2.71 bits per heavy atom. The number of aliphatic hydroxyl groups excluding tert-OH is 1. The second kappa shape index (κ2) is 8.87. The van der Waals surface area contributed by atoms with Crippen molar-refractivity contribution in [3.63, 3.8) is 0 Å². The highest BCUT2D eigenvalue weighted by molar-refractivity contribution is 6.31. The van der Waals surface area contributed by atoms with E-state index in [1.54, 1.807) is 32.4 Å². The molecule has 2 amide bonds. The number of ether oxygens (including phenoxy) is 1. The molecule has 182 valence electrons. The topological polar surface area (TPSA) is 87.7 Å². The predicted molar refractivity (Wildman–Crippen MR) is 132 cm³/mol. The van der Waals surface area contributed by atoms with Gasteiger partial charge in [0.1, 0.15) is 18.4 Å². The molecule has 7 nitrogen and oxygen atoms in total. The zero-order valence-electron chi connectivity index (χ0n) is 20.3. The fourth-order valence-electron chi connectivity index (χ4n) is 5.89. The van der Waals surface area contributed by atoms with Crippen LogP contribution < -0.4 is 15.4 Å². The third kappa shape index (κ3) is 3.41. The summed E-state index contributed by atoms with van der Waals surface area (Å²) in [5.41, 5.74) is 1.70. The highest BCUT2D eigenvalue weighted by Gasteiger charge is 2.68. The first kappa shape index (κ1) is 24.5. The molecule has 0 aliphatic carbocycles. The molecule has 3 N–H and O–H groups in total. The molecule has 0 saturated carbocycles. The van der Waals surface area contributed by atoms with Crippen LogP contribution in [0.3, 0.4) is 0 Å². The number of nitrogens with one attached hydrogen (secondary N) is 2. The molecule has 8 heteroatoms. The number of likely N-dealkylation sites (tertiary alicyclic amines) is 1. The van der Waals surface area contributed by atoms with Gasteiger partial charge in [0, 0.05) is 18.5 Å². The largest absolute Gasteiger partial charge is 0.496 e. The Hall–Kier alpha value is -2.61. The van der Waals surface area contributed by atoms with E-state index in [9.17, 15) is 14.7 Å². The Bertz CT molecular complexity index is 1140. The van der Waals surface area contributed by atoms with E-state index in [-0.39, 0.29) is 35.2 Å². The van der Waals surface area contributed by atoms with Crippen LogP contribution >= 0.6 is 11.6 Å². The van der Waals surface area contributed by atoms with Crippen molar-refractivity contribution in [2.24, 2.45) is 0 Å². The number of fused-ring (bicyclic) bond motifs is 1. The second-order valence-corrected chi connectivity index (χ2v) is 10.0. The van der Waals surface area contributed by atoms with Crippen molar-refractivity contribution in [1.29, 1.82) is 0 Å². The Balaban J connectivity index is 2.13. The lowest BCUT2D eigenvalue weighted by molar-refractivity contribution is -0.953. The number of methoxy groups -OCH3 is 1. The van der Waals surface area contributed by atoms with E-state index in [1.165, 1.54) is 0 Å². The zero-order valence-corrected chi connectivity index (χ0v) is 21.1. The maximum absolute atomic E-state index is 14.2. The van der Waals surface area contributed by atoms with Gasteiger partial charge < -0.3 is 20.5 Å². The molecule has 2 aromatic carbocycles. The molecule has 0 spiro atoms. The van der Waals surface area contributed by atoms with E-state index < -0.39 is 17.7 Å². The maximum Gasteiger partial charge on any atom is 0.295 e. The van der Waals surface area contributed by atoms with Crippen molar-refractivity contribution < 1.29 is 23.9 Å². The van der Waals surface area contributed by atoms with Gasteiger partial charge in [0.05, 0.1) is 31.0 Å². The summed E-state index contributed by atoms with van der Waals surface area (Å²) < 4.78 is 5.78. The Labute approximate surface area is 205 Å². The molecule has 4 rings (SSSR count). The number of halogens is 1. The molecule has 2 aliphatic heterocycles. The summed E-state index contributed by atoms with van der Waals surface area (Å²) in [6.07, 6.45) is 0.428. The van der Waals surface area contributed by atoms with E-state index >= 15 is 0 Å². The van der Waals surface area contributed by atoms with Gasteiger partial charge in [-0.25, -0.2) is 0 Å². The van der Waals surface area contributed by atoms with Crippen LogP contribution in [0, 0.1) is 0 Å². The SMILES string of the molecule is CCC(C)c1ccc(OC)c(C2([N+]3(C)C[C@H](O)C[C@H]3C(=O)NC)C(=O)Nc3ccc(Cl)cc32)c1. The molecule has 3 unspecified atom stereocenters. The normalized spacial score (nSPS) is 28.9. The van der Waals surface area contributed by atoms with Gasteiger partial charge >= 0.3 is 0 Å². The number of hydrogen-bond acceptors (Lipinski definition) is 4. The number of quaternary nitrogens is 1. The summed E-state index contributed by atoms with van der Waals surface area (Å²) in [7, 11) is 5.03. The number of carbonyl (C=O) groups is 2. The first-order valence-corrected chi connectivity index (χ1v) is 12.1. The van der Waals surface area contributed by atoms with Crippen LogP contribution in [0.2, 0.25) is 5.02 Å². The fourth-order valence-corrected chi connectivity index (χ4v) is 6.07. The number of carbonyl (C=O) groups excluding carboxylic acids is 2. The van der Waals surface area contributed by atoms with Crippen LogP contribution in [-0.4, -0.2) is 61.3 Å². The molecule has 2 aliphatic rings. The van der Waals surface area contributed by atoms with Gasteiger partial charge in [0.15, 0.2) is 6.04 Å². The van der Waals surface area contributed by atoms with E-state index in [1.807, 2.05) is 25.2 Å². The first-order chi connectivity index (χ1) is 16.1. The average molecular weight is 487 g/mol. The molecule has 34 heavy (non-hydrogen) atoms. The lowest BCUT2D eigenvalue weighted by atomic mass is 9.77. The van der Waals surface area contributed by atoms with Gasteiger partial charge in [-0.15, -0.1) is 0 Å². The van der Waals surface area contributed by atoms with Gasteiger partial charge in [-0.2, -0.15) is 0 Å². The lowest BCUT2D eigenvalue weighted by Gasteiger charge is -2.48. The van der Waals surface area contributed by atoms with E-state index in [2.05, 4.69) is 24.5 Å². The third-order valence-corrected chi connectivity index (χ3v) is 8.07. The number of nitrogens with zero attached hydrogens (tertiary/aromatic N) is 1. The molecular weight excluding hydrogens is 454 g/mol. The van der Waals surface area contributed by atoms with Crippen molar-refractivity contribution in [2.75, 3.05) is 33.1 Å². The molecule has 0 bridgehead atoms. The highest BCUT2D eigenvalue weighted by atomic mass is 35.5. The quantitative estimate of drug-likeness (QED) is 0.546. The minimum atomic E-state index is -1.36. The van der Waals surface area contributed by atoms with Gasteiger partial charge in [-0.05, 0) is 48.2 Å². The van der Waals surface area contributed by atoms with Crippen LogP contribution in [-0.2, 0) is 15.1 Å². The minimum Gasteiger partial charge on any atom is -0.496 e. The molecular formula is C26H33ClN3O4+. The molecule has 0 radical (unpaired) electrons. The predicted octanol–water partition coefficient (Wildman–Crippen LogP) is 3.38. The molecule has 2 aromatic rings. The molecule has 5 atom stereocenters. The Kier molecular flexibility index (Phi) is 6.40. The van der Waals surface area contributed by atoms with Crippen LogP contribution in [0.5, 0.6) is 5.75 Å². The average Bonchev–Trinajstić information content (AvgIpc) is 3.30. The first-order valence-electron chi connectivity index (χ1n) is 11.7. The number of rotatable bonds is 6. The van der Waals surface area contributed by atoms with Crippen LogP contribution in [0.25, 0.3) is 0 Å². The van der Waals surface area contributed by atoms with Gasteiger partial charge in [0.2, 0.25) is 5.54 Å². The summed E-state index contributed by atoms with van der Waals surface area (Å²) in [6, 6.07) is 10.6. The Morgan fingerprint density at radius 2 is 2.06 bits per heavy atom. The van der Waals surface area contributed by atoms with Crippen molar-refractivity contribution >= 4 is 29.1 Å². The van der Waals surface area contributed by atoms with Gasteiger partial charge in [-0.1, -0.05) is 31.5 Å². The van der Waals surface area contributed by atoms with Crippen molar-refractivity contribution in [3.05, 3.63) is 58.1 Å². The summed E-state index contributed by atoms with van der Waals surface area (Å²) in [5.74, 6) is 0.314. The summed E-state index contributed by atoms with van der Waals surface area (Å²) >= 11 is 6.46. The highest BCUT2D eigenvalue weighted by Crippen LogP contribution is 2.55. The summed E-state index contributed by atoms with van der Waals surface area (Å²) in [5, 5.41) is 17.1. The number of hydrogen-bond donors (Lipinski definition) is 3. The van der Waals surface area contributed by atoms with Crippen LogP contribution in [0.4, 0.5) is 5.69 Å². The number of amides is 2. The number of aliphatic hydroxyl groups is 1. The molecule has 1 saturated heterocycles. The number of likely N-dealkylation sites (N-methyl/N-ethyl adjacent to an activating group) is 2. The minimum absolute atomic E-state index is 0.0344. The molecule has 2 heterocycles. The smallest absolute Gasteiger partial charge is 0.295 e. The van der Waals surface area contributed by atoms with Crippen molar-refractivity contribution in [3.8, 4) is 5.75 Å². The van der Waals surface area contributed by atoms with Crippen LogP contribution in [0.15, 0.2) is 36.4 Å². The van der Waals surface area contributed by atoms with Crippen molar-refractivity contribution in [1.82, 2.24) is 5.32 Å². The lowest BCUT2D eigenvalue weighted by Crippen LogP contribution is -2.68. The van der Waals surface area contributed by atoms with Gasteiger partial charge in [0.25, 0.3) is 11.8 Å². The number of benzene rings is 2. The monoisotopic (exact) mass is 486 g/mol. The van der Waals surface area contributed by atoms with E-state index in [4.69, 9.17) is 16.3 Å². The summed E-state index contributed by atoms with van der Waals surface area (Å²) in [6.45, 7) is 4.48. The fraction of sp³-hybridized carbons (Fsp3) is 0.462. The Morgan fingerprint density at radius 1 is 1.32 bits per heavy atom. The summed E-state index contributed by atoms with van der Waals surface area (Å²) in [4.78, 5) is 27.3. The standard InChI is InChI=1S/C26H32ClN3O4/c1-6-15(2)16-7-10-23(34-5)20(11-16)26(19-12-17(27)8-9-21(19)29-25(26)33)30(4)14-18(31)13-22(30)24(32)28-3/h7-12,15,18,22,31H,6,13-14H2,1-5H3,(H-,28,29,32,33)/p+1/t15?,18-,22+,26?,30?/m1/s1. The maximum atomic E-state index is 14.2. The van der Waals surface area contributed by atoms with Gasteiger partial charge in [-0.3, -0.25) is 14.1 Å². The second-order valence-electron chi connectivity index (χ2n) is 9.59. The third-order valence-electron chi connectivity index (χ3n) is 7.83. The van der Waals surface area contributed by atoms with Crippen LogP contribution in [0.1, 0.15) is 49.3 Å². The zero-order chi connectivity index (χ0) is 24.8.